The van der Waals surface area contributed by atoms with E-state index < -0.39 is 41.0 Å². The van der Waals surface area contributed by atoms with Crippen molar-refractivity contribution in [3.8, 4) is 0 Å². The molecule has 0 aromatic heterocycles. The number of methoxy groups -OCH3 is 1. The first-order valence-electron chi connectivity index (χ1n) is 11.0. The maximum atomic E-state index is 13.9. The number of piperazine rings is 1. The van der Waals surface area contributed by atoms with Gasteiger partial charge in [-0.3, -0.25) is 19.3 Å². The molecule has 0 saturated carbocycles. The highest BCUT2D eigenvalue weighted by Crippen LogP contribution is 2.39. The summed E-state index contributed by atoms with van der Waals surface area (Å²) < 4.78 is 37.7. The molecule has 0 spiro atoms. The molecule has 3 rings (SSSR count). The first-order chi connectivity index (χ1) is 15.6. The Balaban J connectivity index is 1.55. The molecule has 3 unspecified atom stereocenters. The van der Waals surface area contributed by atoms with Gasteiger partial charge < -0.3 is 14.4 Å². The molecule has 2 aliphatic rings. The smallest absolute Gasteiger partial charge is 0.322 e. The van der Waals surface area contributed by atoms with Gasteiger partial charge in [0.25, 0.3) is 0 Å². The topological polar surface area (TPSA) is 76.2 Å². The fraction of sp³-hybridized carbons (Fsp3) is 0.542. The van der Waals surface area contributed by atoms with Crippen LogP contribution in [-0.2, 0) is 30.4 Å². The molecule has 2 fully saturated rings. The number of amides is 1. The van der Waals surface area contributed by atoms with Crippen molar-refractivity contribution in [1.29, 1.82) is 0 Å². The number of halogens is 2. The van der Waals surface area contributed by atoms with E-state index in [0.29, 0.717) is 38.3 Å². The SMILES string of the molecule is C=C1C(=O)C(C)(C(=O)OC)C(CCC(=O)N2CCN(Cc3ccc(F)cc3F)CC2)OC1C. The standard InChI is InChI=1S/C24H30F2N2O5/c1-15-16(2)33-20(24(3,22(15)30)23(31)32-4)7-8-21(29)28-11-9-27(10-12-28)14-17-5-6-18(25)13-19(17)26/h5-6,13,16,20H,1,7-12,14H2,2-4H3. The van der Waals surface area contributed by atoms with Crippen LogP contribution in [0.25, 0.3) is 0 Å². The molecule has 7 nitrogen and oxygen atoms in total. The number of ether oxygens (including phenoxy) is 2. The highest BCUT2D eigenvalue weighted by Gasteiger charge is 2.54. The molecule has 1 amide bonds. The van der Waals surface area contributed by atoms with Crippen LogP contribution in [-0.4, -0.2) is 73.0 Å². The van der Waals surface area contributed by atoms with E-state index >= 15 is 0 Å². The Morgan fingerprint density at radius 3 is 2.52 bits per heavy atom. The molecule has 1 aromatic rings. The average molecular weight is 465 g/mol. The van der Waals surface area contributed by atoms with Gasteiger partial charge in [0.1, 0.15) is 11.6 Å². The fourth-order valence-electron chi connectivity index (χ4n) is 4.38. The Hall–Kier alpha value is -2.65. The highest BCUT2D eigenvalue weighted by atomic mass is 19.1. The summed E-state index contributed by atoms with van der Waals surface area (Å²) in [5, 5.41) is 0. The third-order valence-electron chi connectivity index (χ3n) is 6.63. The third-order valence-corrected chi connectivity index (χ3v) is 6.63. The molecule has 0 radical (unpaired) electrons. The summed E-state index contributed by atoms with van der Waals surface area (Å²) in [6, 6.07) is 3.53. The van der Waals surface area contributed by atoms with Crippen molar-refractivity contribution in [2.45, 2.75) is 45.4 Å². The number of hydrogen-bond acceptors (Lipinski definition) is 6. The quantitative estimate of drug-likeness (QED) is 0.366. The summed E-state index contributed by atoms with van der Waals surface area (Å²) in [7, 11) is 1.21. The second kappa shape index (κ2) is 10.1. The van der Waals surface area contributed by atoms with Crippen LogP contribution in [0, 0.1) is 17.0 Å². The molecule has 9 heteroatoms. The van der Waals surface area contributed by atoms with E-state index in [1.807, 2.05) is 4.90 Å². The van der Waals surface area contributed by atoms with Crippen LogP contribution in [0.4, 0.5) is 8.78 Å². The first-order valence-corrected chi connectivity index (χ1v) is 11.0. The number of nitrogens with zero attached hydrogens (tertiary/aromatic N) is 2. The number of Topliss-reactive ketones (excluding diaryl/α,β-unsaturated/α-hetero) is 1. The number of benzene rings is 1. The predicted molar refractivity (Wildman–Crippen MR) is 116 cm³/mol. The van der Waals surface area contributed by atoms with Crippen LogP contribution in [0.3, 0.4) is 0 Å². The van der Waals surface area contributed by atoms with Gasteiger partial charge in [-0.05, 0) is 26.3 Å². The summed E-state index contributed by atoms with van der Waals surface area (Å²) in [6.45, 7) is 9.27. The molecule has 0 bridgehead atoms. The molecular formula is C24H30F2N2O5. The van der Waals surface area contributed by atoms with E-state index in [0.717, 1.165) is 6.07 Å². The monoisotopic (exact) mass is 464 g/mol. The van der Waals surface area contributed by atoms with Gasteiger partial charge in [0, 0.05) is 56.3 Å². The predicted octanol–water partition coefficient (Wildman–Crippen LogP) is 2.48. The number of hydrogen-bond donors (Lipinski definition) is 0. The van der Waals surface area contributed by atoms with Crippen molar-refractivity contribution in [3.05, 3.63) is 47.5 Å². The van der Waals surface area contributed by atoms with Crippen LogP contribution in [0.2, 0.25) is 0 Å². The van der Waals surface area contributed by atoms with Crippen LogP contribution < -0.4 is 0 Å². The summed E-state index contributed by atoms with van der Waals surface area (Å²) >= 11 is 0. The van der Waals surface area contributed by atoms with Crippen molar-refractivity contribution < 1.29 is 32.6 Å². The molecule has 2 aliphatic heterocycles. The van der Waals surface area contributed by atoms with Gasteiger partial charge in [-0.2, -0.15) is 0 Å². The Labute approximate surface area is 192 Å². The molecule has 180 valence electrons. The lowest BCUT2D eigenvalue weighted by Crippen LogP contribution is -2.55. The van der Waals surface area contributed by atoms with Crippen molar-refractivity contribution in [1.82, 2.24) is 9.80 Å². The largest absolute Gasteiger partial charge is 0.468 e. The minimum atomic E-state index is -1.55. The van der Waals surface area contributed by atoms with Gasteiger partial charge in [0.15, 0.2) is 11.2 Å². The van der Waals surface area contributed by atoms with E-state index in [1.54, 1.807) is 11.8 Å². The van der Waals surface area contributed by atoms with E-state index in [9.17, 15) is 23.2 Å². The Kier molecular flexibility index (Phi) is 7.64. The summed E-state index contributed by atoms with van der Waals surface area (Å²) in [5.41, 5.74) is -0.927. The second-order valence-electron chi connectivity index (χ2n) is 8.75. The fourth-order valence-corrected chi connectivity index (χ4v) is 4.38. The van der Waals surface area contributed by atoms with Gasteiger partial charge in [-0.15, -0.1) is 0 Å². The van der Waals surface area contributed by atoms with Gasteiger partial charge in [-0.25, -0.2) is 8.78 Å². The van der Waals surface area contributed by atoms with Gasteiger partial charge in [0.2, 0.25) is 5.91 Å². The Morgan fingerprint density at radius 1 is 1.24 bits per heavy atom. The van der Waals surface area contributed by atoms with E-state index in [1.165, 1.54) is 26.2 Å². The number of esters is 1. The van der Waals surface area contributed by atoms with Crippen LogP contribution in [0.5, 0.6) is 0 Å². The maximum absolute atomic E-state index is 13.9. The van der Waals surface area contributed by atoms with Gasteiger partial charge in [0.05, 0.1) is 19.3 Å². The molecule has 2 saturated heterocycles. The van der Waals surface area contributed by atoms with Crippen LogP contribution >= 0.6 is 0 Å². The number of carbonyl (C=O) groups excluding carboxylic acids is 3. The molecule has 2 heterocycles. The number of rotatable bonds is 6. The summed E-state index contributed by atoms with van der Waals surface area (Å²) in [5.74, 6) is -2.44. The lowest BCUT2D eigenvalue weighted by atomic mass is 9.72. The van der Waals surface area contributed by atoms with Crippen molar-refractivity contribution in [2.75, 3.05) is 33.3 Å². The van der Waals surface area contributed by atoms with Gasteiger partial charge >= 0.3 is 5.97 Å². The number of carbonyl (C=O) groups is 3. The van der Waals surface area contributed by atoms with E-state index in [4.69, 9.17) is 9.47 Å². The molecule has 0 N–H and O–H groups in total. The van der Waals surface area contributed by atoms with E-state index in [-0.39, 0.29) is 24.3 Å². The summed E-state index contributed by atoms with van der Waals surface area (Å²) in [4.78, 5) is 41.8. The van der Waals surface area contributed by atoms with Crippen LogP contribution in [0.1, 0.15) is 32.3 Å². The van der Waals surface area contributed by atoms with Crippen molar-refractivity contribution in [3.63, 3.8) is 0 Å². The summed E-state index contributed by atoms with van der Waals surface area (Å²) in [6.07, 6.45) is -1.05. The lowest BCUT2D eigenvalue weighted by Gasteiger charge is -2.41. The van der Waals surface area contributed by atoms with Crippen molar-refractivity contribution >= 4 is 17.7 Å². The Morgan fingerprint density at radius 2 is 1.91 bits per heavy atom. The number of ketones is 1. The molecule has 0 aliphatic carbocycles. The minimum absolute atomic E-state index is 0.107. The zero-order valence-corrected chi connectivity index (χ0v) is 19.2. The molecule has 33 heavy (non-hydrogen) atoms. The zero-order chi connectivity index (χ0) is 24.3. The zero-order valence-electron chi connectivity index (χ0n) is 19.2. The Bertz CT molecular complexity index is 945. The average Bonchev–Trinajstić information content (AvgIpc) is 2.80. The highest BCUT2D eigenvalue weighted by molar-refractivity contribution is 6.13. The lowest BCUT2D eigenvalue weighted by molar-refractivity contribution is -0.176. The molecular weight excluding hydrogens is 434 g/mol. The van der Waals surface area contributed by atoms with Crippen LogP contribution in [0.15, 0.2) is 30.4 Å². The third kappa shape index (κ3) is 5.14. The molecule has 3 atom stereocenters. The first kappa shape index (κ1) is 25.0. The normalized spacial score (nSPS) is 26.4. The van der Waals surface area contributed by atoms with E-state index in [2.05, 4.69) is 6.58 Å². The minimum Gasteiger partial charge on any atom is -0.468 e. The van der Waals surface area contributed by atoms with Gasteiger partial charge in [-0.1, -0.05) is 12.6 Å². The van der Waals surface area contributed by atoms with Crippen molar-refractivity contribution in [2.24, 2.45) is 5.41 Å². The maximum Gasteiger partial charge on any atom is 0.322 e. The molecule has 1 aromatic carbocycles. The second-order valence-corrected chi connectivity index (χ2v) is 8.75.